The van der Waals surface area contributed by atoms with E-state index in [0.29, 0.717) is 31.0 Å². The van der Waals surface area contributed by atoms with Gasteiger partial charge in [0.25, 0.3) is 11.8 Å². The lowest BCUT2D eigenvalue weighted by molar-refractivity contribution is -0.120. The monoisotopic (exact) mass is 395 g/mol. The number of anilines is 1. The standard InChI is InChI=1S/C19H21N7O3/c1-24-16-9-14(11-27)22-26(16)8-7-15(19(24)29)21-18(28)17-20-12-25(23-17)10-13-5-3-2-4-6-13/h2-6,9,12,15,27H,7-8,10-11H2,1H3,(H,21,28)/t15-/m0/s1. The molecule has 10 nitrogen and oxygen atoms in total. The molecule has 1 aliphatic heterocycles. The molecule has 0 spiro atoms. The van der Waals surface area contributed by atoms with Crippen molar-refractivity contribution in [1.82, 2.24) is 29.9 Å². The molecule has 2 aromatic heterocycles. The summed E-state index contributed by atoms with van der Waals surface area (Å²) in [4.78, 5) is 30.9. The highest BCUT2D eigenvalue weighted by atomic mass is 16.3. The van der Waals surface area contributed by atoms with Gasteiger partial charge in [0, 0.05) is 19.7 Å². The molecule has 0 radical (unpaired) electrons. The number of benzene rings is 1. The first kappa shape index (κ1) is 18.8. The van der Waals surface area contributed by atoms with Crippen LogP contribution in [0.3, 0.4) is 0 Å². The minimum absolute atomic E-state index is 0.0148. The van der Waals surface area contributed by atoms with Crippen LogP contribution in [0.5, 0.6) is 0 Å². The van der Waals surface area contributed by atoms with Crippen LogP contribution < -0.4 is 10.2 Å². The number of likely N-dealkylation sites (N-methyl/N-ethyl adjacent to an activating group) is 1. The van der Waals surface area contributed by atoms with Crippen LogP contribution in [0.15, 0.2) is 42.7 Å². The summed E-state index contributed by atoms with van der Waals surface area (Å²) in [5, 5.41) is 20.5. The highest BCUT2D eigenvalue weighted by molar-refractivity contribution is 6.00. The van der Waals surface area contributed by atoms with Crippen molar-refractivity contribution in [2.24, 2.45) is 0 Å². The molecular weight excluding hydrogens is 374 g/mol. The van der Waals surface area contributed by atoms with Crippen molar-refractivity contribution in [3.8, 4) is 0 Å². The molecule has 150 valence electrons. The Bertz CT molecular complexity index is 1030. The van der Waals surface area contributed by atoms with Crippen LogP contribution >= 0.6 is 0 Å². The van der Waals surface area contributed by atoms with Gasteiger partial charge in [0.2, 0.25) is 5.82 Å². The SMILES string of the molecule is CN1C(=O)[C@@H](NC(=O)c2ncn(Cc3ccccc3)n2)CCn2nc(CO)cc21. The Morgan fingerprint density at radius 1 is 1.28 bits per heavy atom. The molecular formula is C19H21N7O3. The van der Waals surface area contributed by atoms with Gasteiger partial charge >= 0.3 is 0 Å². The van der Waals surface area contributed by atoms with Gasteiger partial charge in [-0.25, -0.2) is 14.3 Å². The first-order valence-electron chi connectivity index (χ1n) is 9.24. The number of carbonyl (C=O) groups excluding carboxylic acids is 2. The van der Waals surface area contributed by atoms with Gasteiger partial charge in [-0.3, -0.25) is 14.5 Å². The van der Waals surface area contributed by atoms with Gasteiger partial charge in [-0.2, -0.15) is 5.10 Å². The number of hydrogen-bond donors (Lipinski definition) is 2. The lowest BCUT2D eigenvalue weighted by Gasteiger charge is -2.19. The Morgan fingerprint density at radius 2 is 2.07 bits per heavy atom. The molecule has 0 fully saturated rings. The smallest absolute Gasteiger partial charge is 0.291 e. The number of rotatable bonds is 5. The summed E-state index contributed by atoms with van der Waals surface area (Å²) in [6.45, 7) is 0.742. The van der Waals surface area contributed by atoms with Crippen LogP contribution in [0.4, 0.5) is 5.82 Å². The maximum Gasteiger partial charge on any atom is 0.291 e. The van der Waals surface area contributed by atoms with Crippen LogP contribution in [0.25, 0.3) is 0 Å². The topological polar surface area (TPSA) is 118 Å². The minimum atomic E-state index is -0.715. The third-order valence-electron chi connectivity index (χ3n) is 4.81. The Labute approximate surface area is 166 Å². The molecule has 10 heteroatoms. The molecule has 2 amide bonds. The Hall–Kier alpha value is -3.53. The summed E-state index contributed by atoms with van der Waals surface area (Å²) in [5.41, 5.74) is 1.54. The van der Waals surface area contributed by atoms with E-state index >= 15 is 0 Å². The number of aromatic nitrogens is 5. The number of nitrogens with one attached hydrogen (secondary N) is 1. The van der Waals surface area contributed by atoms with Gasteiger partial charge in [0.15, 0.2) is 0 Å². The molecule has 4 rings (SSSR count). The molecule has 0 unspecified atom stereocenters. The second-order valence-electron chi connectivity index (χ2n) is 6.84. The third kappa shape index (κ3) is 3.87. The zero-order valence-corrected chi connectivity index (χ0v) is 15.9. The van der Waals surface area contributed by atoms with E-state index in [1.54, 1.807) is 22.5 Å². The van der Waals surface area contributed by atoms with Crippen molar-refractivity contribution in [2.75, 3.05) is 11.9 Å². The second kappa shape index (κ2) is 7.84. The van der Waals surface area contributed by atoms with E-state index in [-0.39, 0.29) is 18.3 Å². The zero-order chi connectivity index (χ0) is 20.4. The number of carbonyl (C=O) groups is 2. The number of fused-ring (bicyclic) bond motifs is 1. The second-order valence-corrected chi connectivity index (χ2v) is 6.84. The molecule has 3 heterocycles. The predicted molar refractivity (Wildman–Crippen MR) is 103 cm³/mol. The van der Waals surface area contributed by atoms with Crippen molar-refractivity contribution in [3.05, 3.63) is 59.8 Å². The molecule has 0 saturated heterocycles. The van der Waals surface area contributed by atoms with Crippen LogP contribution in [0, 0.1) is 0 Å². The summed E-state index contributed by atoms with van der Waals surface area (Å²) in [5.74, 6) is -0.161. The number of aryl methyl sites for hydroxylation is 1. The molecule has 0 bridgehead atoms. The van der Waals surface area contributed by atoms with Crippen molar-refractivity contribution < 1.29 is 14.7 Å². The fourth-order valence-electron chi connectivity index (χ4n) is 3.29. The Balaban J connectivity index is 1.43. The van der Waals surface area contributed by atoms with E-state index in [1.165, 1.54) is 11.2 Å². The summed E-state index contributed by atoms with van der Waals surface area (Å²) < 4.78 is 3.24. The summed E-state index contributed by atoms with van der Waals surface area (Å²) in [7, 11) is 1.62. The zero-order valence-electron chi connectivity index (χ0n) is 15.9. The molecule has 0 aliphatic carbocycles. The van der Waals surface area contributed by atoms with Gasteiger partial charge in [-0.1, -0.05) is 30.3 Å². The number of amides is 2. The quantitative estimate of drug-likeness (QED) is 0.636. The predicted octanol–water partition coefficient (Wildman–Crippen LogP) is 0.180. The molecule has 1 aliphatic rings. The normalized spacial score (nSPS) is 16.4. The van der Waals surface area contributed by atoms with E-state index in [0.717, 1.165) is 5.56 Å². The van der Waals surface area contributed by atoms with Gasteiger partial charge in [-0.15, -0.1) is 5.10 Å². The summed E-state index contributed by atoms with van der Waals surface area (Å²) in [6.07, 6.45) is 1.87. The van der Waals surface area contributed by atoms with Crippen LogP contribution in [-0.4, -0.2) is 54.6 Å². The van der Waals surface area contributed by atoms with Gasteiger partial charge in [0.05, 0.1) is 18.8 Å². The maximum absolute atomic E-state index is 12.8. The number of aliphatic hydroxyl groups excluding tert-OH is 1. The molecule has 2 N–H and O–H groups in total. The van der Waals surface area contributed by atoms with Crippen LogP contribution in [-0.2, 0) is 24.5 Å². The average Bonchev–Trinajstić information content (AvgIpc) is 3.35. The van der Waals surface area contributed by atoms with E-state index in [2.05, 4.69) is 20.5 Å². The molecule has 29 heavy (non-hydrogen) atoms. The Morgan fingerprint density at radius 3 is 2.83 bits per heavy atom. The summed E-state index contributed by atoms with van der Waals surface area (Å²) >= 11 is 0. The largest absolute Gasteiger partial charge is 0.390 e. The summed E-state index contributed by atoms with van der Waals surface area (Å²) in [6, 6.07) is 10.7. The minimum Gasteiger partial charge on any atom is -0.390 e. The Kier molecular flexibility index (Phi) is 5.09. The van der Waals surface area contributed by atoms with Gasteiger partial charge in [0.1, 0.15) is 18.2 Å². The first-order valence-corrected chi connectivity index (χ1v) is 9.24. The number of nitrogens with zero attached hydrogens (tertiary/aromatic N) is 6. The number of hydrogen-bond acceptors (Lipinski definition) is 6. The van der Waals surface area contributed by atoms with E-state index in [4.69, 9.17) is 0 Å². The van der Waals surface area contributed by atoms with Gasteiger partial charge < -0.3 is 10.4 Å². The van der Waals surface area contributed by atoms with E-state index in [9.17, 15) is 14.7 Å². The average molecular weight is 395 g/mol. The van der Waals surface area contributed by atoms with Crippen molar-refractivity contribution in [3.63, 3.8) is 0 Å². The maximum atomic E-state index is 12.8. The highest BCUT2D eigenvalue weighted by Gasteiger charge is 2.31. The fraction of sp³-hybridized carbons (Fsp3) is 0.316. The van der Waals surface area contributed by atoms with E-state index < -0.39 is 11.9 Å². The van der Waals surface area contributed by atoms with Crippen LogP contribution in [0.2, 0.25) is 0 Å². The van der Waals surface area contributed by atoms with Gasteiger partial charge in [-0.05, 0) is 12.0 Å². The molecule has 3 aromatic rings. The van der Waals surface area contributed by atoms with E-state index in [1.807, 2.05) is 30.3 Å². The number of aliphatic hydroxyl groups is 1. The van der Waals surface area contributed by atoms with Crippen molar-refractivity contribution >= 4 is 17.6 Å². The highest BCUT2D eigenvalue weighted by Crippen LogP contribution is 2.21. The van der Waals surface area contributed by atoms with Crippen molar-refractivity contribution in [2.45, 2.75) is 32.2 Å². The lowest BCUT2D eigenvalue weighted by Crippen LogP contribution is -2.47. The molecule has 1 atom stereocenters. The first-order chi connectivity index (χ1) is 14.0. The third-order valence-corrected chi connectivity index (χ3v) is 4.81. The van der Waals surface area contributed by atoms with Crippen molar-refractivity contribution in [1.29, 1.82) is 0 Å². The molecule has 1 aromatic carbocycles. The van der Waals surface area contributed by atoms with Crippen LogP contribution in [0.1, 0.15) is 28.3 Å². The lowest BCUT2D eigenvalue weighted by atomic mass is 10.2. The fourth-order valence-corrected chi connectivity index (χ4v) is 3.29. The molecule has 0 saturated carbocycles.